The third kappa shape index (κ3) is 3.34. The van der Waals surface area contributed by atoms with Crippen molar-refractivity contribution in [1.82, 2.24) is 0 Å². The SMILES string of the molecule is O=C(CCl)Oc1ccc(-c2ccc(Br)cc2)cc1. The Morgan fingerprint density at radius 2 is 1.50 bits per heavy atom. The zero-order valence-electron chi connectivity index (χ0n) is 9.40. The smallest absolute Gasteiger partial charge is 0.326 e. The van der Waals surface area contributed by atoms with Crippen molar-refractivity contribution in [3.8, 4) is 16.9 Å². The van der Waals surface area contributed by atoms with E-state index in [9.17, 15) is 4.79 Å². The van der Waals surface area contributed by atoms with E-state index in [4.69, 9.17) is 16.3 Å². The van der Waals surface area contributed by atoms with Crippen molar-refractivity contribution < 1.29 is 9.53 Å². The maximum atomic E-state index is 11.0. The van der Waals surface area contributed by atoms with Gasteiger partial charge in [-0.25, -0.2) is 0 Å². The molecule has 0 atom stereocenters. The highest BCUT2D eigenvalue weighted by atomic mass is 79.9. The first-order chi connectivity index (χ1) is 8.69. The lowest BCUT2D eigenvalue weighted by Gasteiger charge is -2.05. The Labute approximate surface area is 119 Å². The first-order valence-electron chi connectivity index (χ1n) is 5.31. The van der Waals surface area contributed by atoms with Crippen molar-refractivity contribution in [2.75, 3.05) is 5.88 Å². The van der Waals surface area contributed by atoms with Crippen LogP contribution in [0.4, 0.5) is 0 Å². The largest absolute Gasteiger partial charge is 0.426 e. The number of ether oxygens (including phenoxy) is 1. The fraction of sp³-hybridized carbons (Fsp3) is 0.0714. The monoisotopic (exact) mass is 324 g/mol. The maximum absolute atomic E-state index is 11.0. The van der Waals surface area contributed by atoms with Crippen LogP contribution in [0.25, 0.3) is 11.1 Å². The molecule has 4 heteroatoms. The zero-order valence-corrected chi connectivity index (χ0v) is 11.7. The molecular formula is C14H10BrClO2. The summed E-state index contributed by atoms with van der Waals surface area (Å²) >= 11 is 8.76. The summed E-state index contributed by atoms with van der Waals surface area (Å²) < 4.78 is 6.04. The van der Waals surface area contributed by atoms with Crippen molar-refractivity contribution in [3.05, 3.63) is 53.0 Å². The number of rotatable bonds is 3. The summed E-state index contributed by atoms with van der Waals surface area (Å²) in [4.78, 5) is 11.0. The van der Waals surface area contributed by atoms with Crippen LogP contribution in [0, 0.1) is 0 Å². The molecule has 92 valence electrons. The fourth-order valence-electron chi connectivity index (χ4n) is 1.52. The van der Waals surface area contributed by atoms with E-state index in [1.807, 2.05) is 36.4 Å². The van der Waals surface area contributed by atoms with E-state index in [1.54, 1.807) is 12.1 Å². The molecule has 0 saturated carbocycles. The van der Waals surface area contributed by atoms with Crippen LogP contribution < -0.4 is 4.74 Å². The van der Waals surface area contributed by atoms with Gasteiger partial charge >= 0.3 is 5.97 Å². The van der Waals surface area contributed by atoms with Gasteiger partial charge in [0.1, 0.15) is 11.6 Å². The lowest BCUT2D eigenvalue weighted by molar-refractivity contribution is -0.131. The number of benzene rings is 2. The van der Waals surface area contributed by atoms with Crippen LogP contribution in [0.15, 0.2) is 53.0 Å². The van der Waals surface area contributed by atoms with Crippen molar-refractivity contribution in [1.29, 1.82) is 0 Å². The minimum atomic E-state index is -0.451. The summed E-state index contributed by atoms with van der Waals surface area (Å²) in [7, 11) is 0. The molecular weight excluding hydrogens is 316 g/mol. The van der Waals surface area contributed by atoms with Crippen molar-refractivity contribution >= 4 is 33.5 Å². The van der Waals surface area contributed by atoms with Crippen LogP contribution in [0.2, 0.25) is 0 Å². The quantitative estimate of drug-likeness (QED) is 0.479. The Morgan fingerprint density at radius 1 is 1.00 bits per heavy atom. The maximum Gasteiger partial charge on any atom is 0.326 e. The van der Waals surface area contributed by atoms with Gasteiger partial charge in [-0.3, -0.25) is 4.79 Å². The van der Waals surface area contributed by atoms with Crippen molar-refractivity contribution in [2.45, 2.75) is 0 Å². The Bertz CT molecular complexity index is 535. The predicted molar refractivity (Wildman–Crippen MR) is 75.9 cm³/mol. The molecule has 0 fully saturated rings. The second-order valence-electron chi connectivity index (χ2n) is 3.64. The van der Waals surface area contributed by atoms with E-state index in [-0.39, 0.29) is 5.88 Å². The standard InChI is InChI=1S/C14H10BrClO2/c15-12-5-1-10(2-6-12)11-3-7-13(8-4-11)18-14(17)9-16/h1-8H,9H2. The highest BCUT2D eigenvalue weighted by Gasteiger charge is 2.03. The molecule has 0 saturated heterocycles. The van der Waals surface area contributed by atoms with E-state index < -0.39 is 5.97 Å². The highest BCUT2D eigenvalue weighted by Crippen LogP contribution is 2.24. The van der Waals surface area contributed by atoms with Crippen molar-refractivity contribution in [3.63, 3.8) is 0 Å². The fourth-order valence-corrected chi connectivity index (χ4v) is 1.84. The molecule has 0 N–H and O–H groups in total. The molecule has 2 aromatic rings. The molecule has 0 radical (unpaired) electrons. The van der Waals surface area contributed by atoms with Crippen molar-refractivity contribution in [2.24, 2.45) is 0 Å². The van der Waals surface area contributed by atoms with Gasteiger partial charge in [0, 0.05) is 4.47 Å². The third-order valence-electron chi connectivity index (χ3n) is 2.37. The summed E-state index contributed by atoms with van der Waals surface area (Å²) in [5.41, 5.74) is 2.17. The second-order valence-corrected chi connectivity index (χ2v) is 4.82. The molecule has 2 aromatic carbocycles. The summed E-state index contributed by atoms with van der Waals surface area (Å²) in [5, 5.41) is 0. The van der Waals surface area contributed by atoms with Gasteiger partial charge in [-0.2, -0.15) is 0 Å². The Morgan fingerprint density at radius 3 is 2.00 bits per heavy atom. The summed E-state index contributed by atoms with van der Waals surface area (Å²) in [6.07, 6.45) is 0. The van der Waals surface area contributed by atoms with Gasteiger partial charge in [0.15, 0.2) is 0 Å². The van der Waals surface area contributed by atoms with E-state index in [1.165, 1.54) is 0 Å². The second kappa shape index (κ2) is 6.03. The van der Waals surface area contributed by atoms with Gasteiger partial charge in [0.25, 0.3) is 0 Å². The average Bonchev–Trinajstić information content (AvgIpc) is 2.40. The van der Waals surface area contributed by atoms with Crippen LogP contribution in [0.5, 0.6) is 5.75 Å². The Hall–Kier alpha value is -1.32. The molecule has 2 nitrogen and oxygen atoms in total. The number of carbonyl (C=O) groups is 1. The molecule has 0 amide bonds. The van der Waals surface area contributed by atoms with E-state index >= 15 is 0 Å². The van der Waals surface area contributed by atoms with Gasteiger partial charge in [-0.15, -0.1) is 11.6 Å². The number of esters is 1. The summed E-state index contributed by atoms with van der Waals surface area (Å²) in [5.74, 6) is -0.0939. The average molecular weight is 326 g/mol. The summed E-state index contributed by atoms with van der Waals surface area (Å²) in [6.45, 7) is 0. The first-order valence-corrected chi connectivity index (χ1v) is 6.64. The Kier molecular flexibility index (Phi) is 4.39. The number of hydrogen-bond acceptors (Lipinski definition) is 2. The van der Waals surface area contributed by atoms with E-state index in [0.29, 0.717) is 5.75 Å². The van der Waals surface area contributed by atoms with E-state index in [2.05, 4.69) is 15.9 Å². The zero-order chi connectivity index (χ0) is 13.0. The van der Waals surface area contributed by atoms with Gasteiger partial charge < -0.3 is 4.74 Å². The van der Waals surface area contributed by atoms with Crippen LogP contribution in [0.1, 0.15) is 0 Å². The predicted octanol–water partition coefficient (Wildman–Crippen LogP) is 4.26. The van der Waals surface area contributed by atoms with Gasteiger partial charge in [-0.1, -0.05) is 40.2 Å². The topological polar surface area (TPSA) is 26.3 Å². The number of hydrogen-bond donors (Lipinski definition) is 0. The van der Waals surface area contributed by atoms with Crippen LogP contribution in [0.3, 0.4) is 0 Å². The summed E-state index contributed by atoms with van der Waals surface area (Å²) in [6, 6.07) is 15.3. The number of carbonyl (C=O) groups excluding carboxylic acids is 1. The molecule has 0 spiro atoms. The normalized spacial score (nSPS) is 10.1. The van der Waals surface area contributed by atoms with Crippen LogP contribution in [-0.2, 0) is 4.79 Å². The molecule has 0 aliphatic heterocycles. The van der Waals surface area contributed by atoms with E-state index in [0.717, 1.165) is 15.6 Å². The molecule has 2 rings (SSSR count). The minimum absolute atomic E-state index is 0.144. The molecule has 0 heterocycles. The van der Waals surface area contributed by atoms with Gasteiger partial charge in [-0.05, 0) is 35.4 Å². The molecule has 18 heavy (non-hydrogen) atoms. The van der Waals surface area contributed by atoms with Gasteiger partial charge in [0.2, 0.25) is 0 Å². The molecule has 0 aromatic heterocycles. The molecule has 0 aliphatic rings. The number of alkyl halides is 1. The first kappa shape index (κ1) is 13.1. The highest BCUT2D eigenvalue weighted by molar-refractivity contribution is 9.10. The third-order valence-corrected chi connectivity index (χ3v) is 3.12. The van der Waals surface area contributed by atoms with Gasteiger partial charge in [0.05, 0.1) is 0 Å². The molecule has 0 unspecified atom stereocenters. The Balaban J connectivity index is 2.17. The molecule has 0 aliphatic carbocycles. The van der Waals surface area contributed by atoms with Crippen LogP contribution >= 0.6 is 27.5 Å². The van der Waals surface area contributed by atoms with Crippen LogP contribution in [-0.4, -0.2) is 11.8 Å². The lowest BCUT2D eigenvalue weighted by Crippen LogP contribution is -2.08. The minimum Gasteiger partial charge on any atom is -0.426 e. The molecule has 0 bridgehead atoms. The number of halogens is 2. The lowest BCUT2D eigenvalue weighted by atomic mass is 10.1.